The summed E-state index contributed by atoms with van der Waals surface area (Å²) in [5, 5.41) is 21.0. The fourth-order valence-electron chi connectivity index (χ4n) is 3.20. The summed E-state index contributed by atoms with van der Waals surface area (Å²) in [6, 6.07) is 10.2. The van der Waals surface area contributed by atoms with Gasteiger partial charge in [-0.3, -0.25) is 10.2 Å². The third-order valence-electron chi connectivity index (χ3n) is 4.37. The molecule has 25 heavy (non-hydrogen) atoms. The van der Waals surface area contributed by atoms with Crippen LogP contribution in [0.4, 0.5) is 11.5 Å². The molecule has 0 aliphatic carbocycles. The molecular formula is C18H13BrN6. The van der Waals surface area contributed by atoms with Gasteiger partial charge in [0.2, 0.25) is 0 Å². The lowest BCUT2D eigenvalue weighted by Crippen LogP contribution is -1.96. The predicted octanol–water partition coefficient (Wildman–Crippen LogP) is 4.80. The normalized spacial score (nSPS) is 11.6. The van der Waals surface area contributed by atoms with E-state index in [9.17, 15) is 0 Å². The zero-order valence-corrected chi connectivity index (χ0v) is 14.8. The predicted molar refractivity (Wildman–Crippen MR) is 103 cm³/mol. The average molecular weight is 393 g/mol. The van der Waals surface area contributed by atoms with Crippen LogP contribution in [0.15, 0.2) is 47.2 Å². The molecule has 7 heteroatoms. The Bertz CT molecular complexity index is 1250. The summed E-state index contributed by atoms with van der Waals surface area (Å²) in [4.78, 5) is 4.78. The molecule has 3 heterocycles. The number of nitrogens with one attached hydrogen (secondary N) is 3. The van der Waals surface area contributed by atoms with Crippen LogP contribution < -0.4 is 5.32 Å². The number of halogens is 1. The van der Waals surface area contributed by atoms with Crippen LogP contribution in [-0.2, 0) is 0 Å². The molecule has 0 radical (unpaired) electrons. The van der Waals surface area contributed by atoms with E-state index in [1.54, 1.807) is 0 Å². The fourth-order valence-corrected chi connectivity index (χ4v) is 3.56. The highest BCUT2D eigenvalue weighted by Gasteiger charge is 2.12. The maximum absolute atomic E-state index is 4.78. The molecule has 5 aromatic rings. The molecule has 0 atom stereocenters. The number of nitrogens with zero attached hydrogens (tertiary/aromatic N) is 3. The first kappa shape index (κ1) is 14.4. The lowest BCUT2D eigenvalue weighted by Gasteiger charge is -2.10. The first-order valence-corrected chi connectivity index (χ1v) is 8.61. The van der Waals surface area contributed by atoms with Crippen LogP contribution in [0.25, 0.3) is 32.7 Å². The summed E-state index contributed by atoms with van der Waals surface area (Å²) in [5.41, 5.74) is 4.94. The van der Waals surface area contributed by atoms with Crippen LogP contribution >= 0.6 is 15.9 Å². The van der Waals surface area contributed by atoms with Gasteiger partial charge in [0.05, 0.1) is 23.4 Å². The van der Waals surface area contributed by atoms with E-state index >= 15 is 0 Å². The third-order valence-corrected chi connectivity index (χ3v) is 4.86. The Morgan fingerprint density at radius 3 is 2.72 bits per heavy atom. The number of anilines is 2. The Balaban J connectivity index is 1.70. The maximum atomic E-state index is 4.78. The van der Waals surface area contributed by atoms with E-state index in [0.717, 1.165) is 54.3 Å². The average Bonchev–Trinajstić information content (AvgIpc) is 3.24. The van der Waals surface area contributed by atoms with Crippen molar-refractivity contribution in [2.75, 3.05) is 5.32 Å². The second kappa shape index (κ2) is 5.29. The minimum absolute atomic E-state index is 0.754. The number of aryl methyl sites for hydroxylation is 1. The number of aromatic nitrogens is 5. The fraction of sp³-hybridized carbons (Fsp3) is 0.0556. The van der Waals surface area contributed by atoms with Gasteiger partial charge in [0.25, 0.3) is 0 Å². The van der Waals surface area contributed by atoms with E-state index in [1.807, 2.05) is 24.5 Å². The van der Waals surface area contributed by atoms with Gasteiger partial charge in [-0.1, -0.05) is 15.9 Å². The molecule has 0 spiro atoms. The van der Waals surface area contributed by atoms with Gasteiger partial charge in [-0.2, -0.15) is 10.2 Å². The smallest absolute Gasteiger partial charge is 0.157 e. The van der Waals surface area contributed by atoms with Gasteiger partial charge in [-0.25, -0.2) is 4.98 Å². The van der Waals surface area contributed by atoms with Crippen molar-refractivity contribution < 1.29 is 0 Å². The number of hydrogen-bond acceptors (Lipinski definition) is 4. The molecule has 6 nitrogen and oxygen atoms in total. The number of H-pyrrole nitrogens is 2. The molecule has 0 unspecified atom stereocenters. The second-order valence-corrected chi connectivity index (χ2v) is 6.95. The molecule has 3 aromatic heterocycles. The third kappa shape index (κ3) is 2.27. The molecule has 0 aliphatic rings. The van der Waals surface area contributed by atoms with E-state index in [-0.39, 0.29) is 0 Å². The molecule has 5 rings (SSSR count). The summed E-state index contributed by atoms with van der Waals surface area (Å²) >= 11 is 3.52. The zero-order chi connectivity index (χ0) is 17.0. The summed E-state index contributed by atoms with van der Waals surface area (Å²) < 4.78 is 1.02. The summed E-state index contributed by atoms with van der Waals surface area (Å²) in [5.74, 6) is 0.754. The highest BCUT2D eigenvalue weighted by molar-refractivity contribution is 9.10. The van der Waals surface area contributed by atoms with Crippen LogP contribution in [-0.4, -0.2) is 25.4 Å². The van der Waals surface area contributed by atoms with Crippen molar-refractivity contribution in [2.24, 2.45) is 0 Å². The SMILES string of the molecule is Cc1cc(Nc2nc3ccc(Br)cc3c3cn[nH]c23)cc2cn[nH]c12. The summed E-state index contributed by atoms with van der Waals surface area (Å²) in [6.07, 6.45) is 3.66. The van der Waals surface area contributed by atoms with E-state index in [0.29, 0.717) is 0 Å². The van der Waals surface area contributed by atoms with Crippen molar-refractivity contribution >= 4 is 60.1 Å². The van der Waals surface area contributed by atoms with Crippen LogP contribution in [0.2, 0.25) is 0 Å². The van der Waals surface area contributed by atoms with Gasteiger partial charge in [-0.05, 0) is 42.8 Å². The number of benzene rings is 2. The molecular weight excluding hydrogens is 380 g/mol. The van der Waals surface area contributed by atoms with Crippen molar-refractivity contribution in [3.05, 3.63) is 52.8 Å². The van der Waals surface area contributed by atoms with E-state index in [1.165, 1.54) is 0 Å². The van der Waals surface area contributed by atoms with Gasteiger partial charge in [0.1, 0.15) is 5.52 Å². The largest absolute Gasteiger partial charge is 0.338 e. The van der Waals surface area contributed by atoms with Crippen molar-refractivity contribution in [3.63, 3.8) is 0 Å². The Hall–Kier alpha value is -2.93. The number of aromatic amines is 2. The van der Waals surface area contributed by atoms with Gasteiger partial charge in [0, 0.05) is 26.3 Å². The molecule has 0 saturated carbocycles. The first-order valence-electron chi connectivity index (χ1n) is 7.82. The Kier molecular flexibility index (Phi) is 3.05. The highest BCUT2D eigenvalue weighted by Crippen LogP contribution is 2.32. The Morgan fingerprint density at radius 1 is 0.960 bits per heavy atom. The van der Waals surface area contributed by atoms with Crippen molar-refractivity contribution in [1.82, 2.24) is 25.4 Å². The molecule has 0 saturated heterocycles. The minimum atomic E-state index is 0.754. The van der Waals surface area contributed by atoms with E-state index < -0.39 is 0 Å². The van der Waals surface area contributed by atoms with Crippen molar-refractivity contribution in [2.45, 2.75) is 6.92 Å². The lowest BCUT2D eigenvalue weighted by atomic mass is 10.1. The zero-order valence-electron chi connectivity index (χ0n) is 13.3. The van der Waals surface area contributed by atoms with Crippen molar-refractivity contribution in [3.8, 4) is 0 Å². The first-order chi connectivity index (χ1) is 12.2. The quantitative estimate of drug-likeness (QED) is 0.402. The Labute approximate surface area is 150 Å². The topological polar surface area (TPSA) is 82.3 Å². The lowest BCUT2D eigenvalue weighted by molar-refractivity contribution is 1.11. The van der Waals surface area contributed by atoms with Gasteiger partial charge < -0.3 is 5.32 Å². The number of hydrogen-bond donors (Lipinski definition) is 3. The van der Waals surface area contributed by atoms with Gasteiger partial charge in [-0.15, -0.1) is 0 Å². The van der Waals surface area contributed by atoms with Gasteiger partial charge >= 0.3 is 0 Å². The number of rotatable bonds is 2. The van der Waals surface area contributed by atoms with Crippen LogP contribution in [0.5, 0.6) is 0 Å². The molecule has 122 valence electrons. The molecule has 0 bridgehead atoms. The standard InChI is InChI=1S/C18H13BrN6/c1-9-4-12(5-10-7-20-24-16(9)10)22-18-17-14(8-21-25-17)13-6-11(19)2-3-15(13)23-18/h2-8H,1H3,(H,20,24)(H,21,25)(H,22,23). The maximum Gasteiger partial charge on any atom is 0.157 e. The molecule has 0 fully saturated rings. The molecule has 2 aromatic carbocycles. The second-order valence-electron chi connectivity index (χ2n) is 6.03. The Morgan fingerprint density at radius 2 is 1.80 bits per heavy atom. The van der Waals surface area contributed by atoms with Gasteiger partial charge in [0.15, 0.2) is 5.82 Å². The highest BCUT2D eigenvalue weighted by atomic mass is 79.9. The molecule has 3 N–H and O–H groups in total. The van der Waals surface area contributed by atoms with Crippen LogP contribution in [0.3, 0.4) is 0 Å². The van der Waals surface area contributed by atoms with Crippen molar-refractivity contribution in [1.29, 1.82) is 0 Å². The summed E-state index contributed by atoms with van der Waals surface area (Å²) in [7, 11) is 0. The number of fused-ring (bicyclic) bond motifs is 4. The van der Waals surface area contributed by atoms with Crippen LogP contribution in [0.1, 0.15) is 5.56 Å². The number of pyridine rings is 1. The monoisotopic (exact) mass is 392 g/mol. The molecule has 0 amide bonds. The molecule has 0 aliphatic heterocycles. The van der Waals surface area contributed by atoms with Crippen LogP contribution in [0, 0.1) is 6.92 Å². The summed E-state index contributed by atoms with van der Waals surface area (Å²) in [6.45, 7) is 2.06. The van der Waals surface area contributed by atoms with E-state index in [2.05, 4.69) is 66.8 Å². The van der Waals surface area contributed by atoms with E-state index in [4.69, 9.17) is 4.98 Å². The minimum Gasteiger partial charge on any atom is -0.338 e.